The first-order chi connectivity index (χ1) is 10.9. The minimum absolute atomic E-state index is 0.0636. The van der Waals surface area contributed by atoms with Crippen molar-refractivity contribution in [2.75, 3.05) is 0 Å². The number of nitriles is 1. The first kappa shape index (κ1) is 16.7. The fourth-order valence-electron chi connectivity index (χ4n) is 1.93. The number of hydrogen-bond acceptors (Lipinski definition) is 5. The van der Waals surface area contributed by atoms with Crippen LogP contribution in [0.3, 0.4) is 0 Å². The zero-order valence-electron chi connectivity index (χ0n) is 12.5. The van der Waals surface area contributed by atoms with Gasteiger partial charge in [-0.15, -0.1) is 0 Å². The number of ether oxygens (including phenoxy) is 1. The molecule has 0 bridgehead atoms. The van der Waals surface area contributed by atoms with E-state index in [0.29, 0.717) is 0 Å². The predicted octanol–water partition coefficient (Wildman–Crippen LogP) is 3.24. The van der Waals surface area contributed by atoms with E-state index in [-0.39, 0.29) is 10.5 Å². The predicted molar refractivity (Wildman–Crippen MR) is 84.5 cm³/mol. The van der Waals surface area contributed by atoms with Crippen molar-refractivity contribution in [2.45, 2.75) is 17.6 Å². The number of rotatable bonds is 6. The monoisotopic (exact) mass is 329 g/mol. The lowest BCUT2D eigenvalue weighted by atomic mass is 10.1. The molecule has 0 amide bonds. The molecule has 0 N–H and O–H groups in total. The van der Waals surface area contributed by atoms with Crippen molar-refractivity contribution >= 4 is 10.1 Å². The molecule has 0 aliphatic heterocycles. The van der Waals surface area contributed by atoms with E-state index >= 15 is 0 Å². The molecule has 1 unspecified atom stereocenters. The highest BCUT2D eigenvalue weighted by atomic mass is 32.2. The molecule has 0 aliphatic rings. The van der Waals surface area contributed by atoms with E-state index in [1.807, 2.05) is 6.92 Å². The molecule has 2 aromatic carbocycles. The molecule has 23 heavy (non-hydrogen) atoms. The second-order valence-electron chi connectivity index (χ2n) is 4.73. The van der Waals surface area contributed by atoms with Crippen LogP contribution < -0.4 is 0 Å². The van der Waals surface area contributed by atoms with Crippen LogP contribution in [0.25, 0.3) is 0 Å². The normalized spacial score (nSPS) is 13.6. The van der Waals surface area contributed by atoms with Gasteiger partial charge in [-0.2, -0.15) is 13.7 Å². The Kier molecular flexibility index (Phi) is 4.84. The standard InChI is InChI=1S/C17H15NO4S/c1-3-21-17(13-18,15-7-5-4-6-8-15)22-23(19,20)16-11-9-14(2)10-12-16/h3-12H,1H2,2H3. The molecule has 0 aliphatic carbocycles. The molecule has 118 valence electrons. The average Bonchev–Trinajstić information content (AvgIpc) is 2.55. The Morgan fingerprint density at radius 2 is 1.74 bits per heavy atom. The summed E-state index contributed by atoms with van der Waals surface area (Å²) in [5.74, 6) is -2.13. The van der Waals surface area contributed by atoms with Gasteiger partial charge in [0.05, 0.1) is 11.2 Å². The van der Waals surface area contributed by atoms with Crippen LogP contribution in [0.2, 0.25) is 0 Å². The Balaban J connectivity index is 2.48. The zero-order valence-corrected chi connectivity index (χ0v) is 13.3. The first-order valence-electron chi connectivity index (χ1n) is 6.71. The fraction of sp³-hybridized carbons (Fsp3) is 0.118. The van der Waals surface area contributed by atoms with Gasteiger partial charge in [-0.05, 0) is 19.1 Å². The van der Waals surface area contributed by atoms with Crippen LogP contribution in [0.15, 0.2) is 72.3 Å². The third kappa shape index (κ3) is 3.59. The van der Waals surface area contributed by atoms with E-state index in [0.717, 1.165) is 11.8 Å². The number of hydrogen-bond donors (Lipinski definition) is 0. The number of nitrogens with zero attached hydrogens (tertiary/aromatic N) is 1. The highest BCUT2D eigenvalue weighted by Crippen LogP contribution is 2.31. The van der Waals surface area contributed by atoms with Crippen molar-refractivity contribution in [3.05, 3.63) is 78.6 Å². The van der Waals surface area contributed by atoms with E-state index in [2.05, 4.69) is 6.58 Å². The van der Waals surface area contributed by atoms with Gasteiger partial charge < -0.3 is 4.74 Å². The highest BCUT2D eigenvalue weighted by molar-refractivity contribution is 7.86. The van der Waals surface area contributed by atoms with Gasteiger partial charge in [-0.3, -0.25) is 0 Å². The van der Waals surface area contributed by atoms with Crippen molar-refractivity contribution in [3.63, 3.8) is 0 Å². The van der Waals surface area contributed by atoms with Gasteiger partial charge in [0, 0.05) is 5.56 Å². The maximum atomic E-state index is 12.5. The quantitative estimate of drug-likeness (QED) is 0.462. The van der Waals surface area contributed by atoms with Gasteiger partial charge in [0.2, 0.25) is 0 Å². The Morgan fingerprint density at radius 3 is 2.26 bits per heavy atom. The summed E-state index contributed by atoms with van der Waals surface area (Å²) < 4.78 is 35.2. The van der Waals surface area contributed by atoms with E-state index < -0.39 is 15.9 Å². The lowest BCUT2D eigenvalue weighted by molar-refractivity contribution is -0.0983. The highest BCUT2D eigenvalue weighted by Gasteiger charge is 2.41. The molecule has 1 atom stereocenters. The number of benzene rings is 2. The van der Waals surface area contributed by atoms with Crippen LogP contribution >= 0.6 is 0 Å². The van der Waals surface area contributed by atoms with Crippen molar-refractivity contribution in [3.8, 4) is 6.07 Å². The maximum Gasteiger partial charge on any atom is 0.342 e. The van der Waals surface area contributed by atoms with Gasteiger partial charge in [0.15, 0.2) is 0 Å². The molecule has 2 aromatic rings. The van der Waals surface area contributed by atoms with E-state index in [1.54, 1.807) is 36.4 Å². The largest absolute Gasteiger partial charge is 0.453 e. The summed E-state index contributed by atoms with van der Waals surface area (Å²) in [6.07, 6.45) is 0.973. The zero-order chi connectivity index (χ0) is 16.9. The molecule has 0 fully saturated rings. The molecule has 2 rings (SSSR count). The summed E-state index contributed by atoms with van der Waals surface area (Å²) in [4.78, 5) is -0.0636. The molecule has 0 heterocycles. The van der Waals surface area contributed by atoms with E-state index in [1.165, 1.54) is 24.3 Å². The van der Waals surface area contributed by atoms with Crippen LogP contribution in [-0.4, -0.2) is 8.42 Å². The summed E-state index contributed by atoms with van der Waals surface area (Å²) >= 11 is 0. The maximum absolute atomic E-state index is 12.5. The Morgan fingerprint density at radius 1 is 1.13 bits per heavy atom. The Bertz CT molecular complexity index is 823. The van der Waals surface area contributed by atoms with Crippen LogP contribution in [0.4, 0.5) is 0 Å². The minimum atomic E-state index is -4.21. The lowest BCUT2D eigenvalue weighted by Crippen LogP contribution is -2.32. The molecular weight excluding hydrogens is 314 g/mol. The molecule has 6 heteroatoms. The van der Waals surface area contributed by atoms with Crippen LogP contribution in [-0.2, 0) is 24.8 Å². The molecule has 0 aromatic heterocycles. The topological polar surface area (TPSA) is 76.4 Å². The first-order valence-corrected chi connectivity index (χ1v) is 8.12. The van der Waals surface area contributed by atoms with Gasteiger partial charge in [0.25, 0.3) is 0 Å². The van der Waals surface area contributed by atoms with Gasteiger partial charge in [-0.25, -0.2) is 4.18 Å². The van der Waals surface area contributed by atoms with Gasteiger partial charge >= 0.3 is 15.9 Å². The van der Waals surface area contributed by atoms with Crippen molar-refractivity contribution in [1.29, 1.82) is 5.26 Å². The second-order valence-corrected chi connectivity index (χ2v) is 6.28. The molecule has 0 spiro atoms. The Labute approximate surface area is 135 Å². The van der Waals surface area contributed by atoms with E-state index in [9.17, 15) is 13.7 Å². The number of aryl methyl sites for hydroxylation is 1. The SMILES string of the molecule is C=COC(C#N)(OS(=O)(=O)c1ccc(C)cc1)c1ccccc1. The van der Waals surface area contributed by atoms with Crippen LogP contribution in [0, 0.1) is 18.3 Å². The third-order valence-electron chi connectivity index (χ3n) is 3.09. The van der Waals surface area contributed by atoms with Crippen LogP contribution in [0.5, 0.6) is 0 Å². The second kappa shape index (κ2) is 6.65. The smallest absolute Gasteiger partial charge is 0.342 e. The molecule has 0 saturated heterocycles. The summed E-state index contributed by atoms with van der Waals surface area (Å²) in [5.41, 5.74) is 1.15. The summed E-state index contributed by atoms with van der Waals surface area (Å²) in [7, 11) is -4.21. The minimum Gasteiger partial charge on any atom is -0.453 e. The van der Waals surface area contributed by atoms with Crippen molar-refractivity contribution < 1.29 is 17.3 Å². The van der Waals surface area contributed by atoms with Crippen molar-refractivity contribution in [2.24, 2.45) is 0 Å². The summed E-state index contributed by atoms with van der Waals surface area (Å²) in [6.45, 7) is 5.22. The van der Waals surface area contributed by atoms with Crippen molar-refractivity contribution in [1.82, 2.24) is 0 Å². The van der Waals surface area contributed by atoms with Gasteiger partial charge in [-0.1, -0.05) is 54.6 Å². The Hall–Kier alpha value is -2.62. The van der Waals surface area contributed by atoms with E-state index in [4.69, 9.17) is 8.92 Å². The fourth-order valence-corrected chi connectivity index (χ4v) is 2.98. The molecular formula is C17H15NO4S. The van der Waals surface area contributed by atoms with Crippen LogP contribution in [0.1, 0.15) is 11.1 Å². The molecule has 0 radical (unpaired) electrons. The third-order valence-corrected chi connectivity index (χ3v) is 4.39. The summed E-state index contributed by atoms with van der Waals surface area (Å²) in [6, 6.07) is 16.0. The molecule has 0 saturated carbocycles. The van der Waals surface area contributed by atoms with Gasteiger partial charge in [0.1, 0.15) is 6.07 Å². The average molecular weight is 329 g/mol. The molecule has 5 nitrogen and oxygen atoms in total. The lowest BCUT2D eigenvalue weighted by Gasteiger charge is -2.25. The summed E-state index contributed by atoms with van der Waals surface area (Å²) in [5, 5.41) is 9.50.